The zero-order valence-electron chi connectivity index (χ0n) is 16.6. The Bertz CT molecular complexity index is 698. The zero-order valence-corrected chi connectivity index (χ0v) is 16.6. The SMILES string of the molecule is CC(=O)[C@@]1(O)CC[C@H]2[C@@H]3C[C@H](C)C4=C/C(=N/O)CC[C@]4(C)[C@H]3CC[C@@]21C. The molecule has 3 saturated carbocycles. The van der Waals surface area contributed by atoms with E-state index in [9.17, 15) is 15.1 Å². The molecular weight excluding hydrogens is 326 g/mol. The van der Waals surface area contributed by atoms with Crippen molar-refractivity contribution in [3.8, 4) is 0 Å². The maximum Gasteiger partial charge on any atom is 0.161 e. The minimum atomic E-state index is -1.13. The molecule has 144 valence electrons. The molecule has 0 unspecified atom stereocenters. The van der Waals surface area contributed by atoms with Crippen molar-refractivity contribution in [2.45, 2.75) is 78.2 Å². The first-order chi connectivity index (χ1) is 12.2. The molecule has 7 atom stereocenters. The van der Waals surface area contributed by atoms with Gasteiger partial charge in [-0.2, -0.15) is 0 Å². The van der Waals surface area contributed by atoms with E-state index in [1.807, 2.05) is 0 Å². The van der Waals surface area contributed by atoms with Crippen LogP contribution in [-0.4, -0.2) is 27.4 Å². The van der Waals surface area contributed by atoms with Crippen molar-refractivity contribution in [3.63, 3.8) is 0 Å². The smallest absolute Gasteiger partial charge is 0.161 e. The lowest BCUT2D eigenvalue weighted by Crippen LogP contribution is -2.57. The van der Waals surface area contributed by atoms with Gasteiger partial charge in [0.2, 0.25) is 0 Å². The Morgan fingerprint density at radius 1 is 1.19 bits per heavy atom. The predicted octanol–water partition coefficient (Wildman–Crippen LogP) is 4.35. The molecule has 4 aliphatic rings. The molecule has 0 spiro atoms. The van der Waals surface area contributed by atoms with E-state index in [0.717, 1.165) is 44.2 Å². The lowest BCUT2D eigenvalue weighted by Gasteiger charge is -2.60. The summed E-state index contributed by atoms with van der Waals surface area (Å²) in [4.78, 5) is 12.3. The highest BCUT2D eigenvalue weighted by atomic mass is 16.4. The lowest BCUT2D eigenvalue weighted by molar-refractivity contribution is -0.160. The van der Waals surface area contributed by atoms with Gasteiger partial charge in [0.15, 0.2) is 5.78 Å². The number of ketones is 1. The van der Waals surface area contributed by atoms with Gasteiger partial charge in [-0.05, 0) is 87.0 Å². The molecule has 0 heterocycles. The lowest BCUT2D eigenvalue weighted by atomic mass is 9.44. The van der Waals surface area contributed by atoms with Crippen LogP contribution in [0.5, 0.6) is 0 Å². The van der Waals surface area contributed by atoms with Crippen molar-refractivity contribution < 1.29 is 15.1 Å². The summed E-state index contributed by atoms with van der Waals surface area (Å²) in [5.74, 6) is 2.04. The number of allylic oxidation sites excluding steroid dienone is 2. The molecule has 0 aromatic heterocycles. The van der Waals surface area contributed by atoms with Crippen LogP contribution in [0.1, 0.15) is 72.6 Å². The Hall–Kier alpha value is -1.16. The molecular formula is C22H33NO3. The monoisotopic (exact) mass is 359 g/mol. The van der Waals surface area contributed by atoms with E-state index >= 15 is 0 Å². The molecule has 0 aromatic rings. The van der Waals surface area contributed by atoms with Gasteiger partial charge in [-0.3, -0.25) is 4.79 Å². The summed E-state index contributed by atoms with van der Waals surface area (Å²) < 4.78 is 0. The number of nitrogens with zero attached hydrogens (tertiary/aromatic N) is 1. The van der Waals surface area contributed by atoms with Gasteiger partial charge in [0.1, 0.15) is 5.60 Å². The summed E-state index contributed by atoms with van der Waals surface area (Å²) >= 11 is 0. The van der Waals surface area contributed by atoms with Gasteiger partial charge in [0.25, 0.3) is 0 Å². The highest BCUT2D eigenvalue weighted by molar-refractivity contribution is 5.96. The van der Waals surface area contributed by atoms with Crippen LogP contribution in [0.25, 0.3) is 0 Å². The molecule has 4 rings (SSSR count). The standard InChI is InChI=1S/C22H33NO3/c1-13-11-16-17(20(3)8-5-15(23-26)12-19(13)20)6-9-21(4)18(16)7-10-22(21,25)14(2)24/h12-13,16-18,25-26H,5-11H2,1-4H3/b23-15+/t13-,16+,17-,18-,20+,21-,22-/m0/s1. The second-order valence-corrected chi connectivity index (χ2v) is 10.0. The summed E-state index contributed by atoms with van der Waals surface area (Å²) in [6, 6.07) is 0. The van der Waals surface area contributed by atoms with Crippen LogP contribution < -0.4 is 0 Å². The topological polar surface area (TPSA) is 69.9 Å². The molecule has 0 aliphatic heterocycles. The van der Waals surface area contributed by atoms with Crippen molar-refractivity contribution in [1.29, 1.82) is 0 Å². The van der Waals surface area contributed by atoms with Gasteiger partial charge in [-0.15, -0.1) is 0 Å². The fourth-order valence-corrected chi connectivity index (χ4v) is 7.67. The number of hydrogen-bond donors (Lipinski definition) is 2. The number of fused-ring (bicyclic) bond motifs is 5. The Balaban J connectivity index is 1.73. The van der Waals surface area contributed by atoms with Crippen molar-refractivity contribution in [3.05, 3.63) is 11.6 Å². The molecule has 4 nitrogen and oxygen atoms in total. The maximum absolute atomic E-state index is 12.3. The second-order valence-electron chi connectivity index (χ2n) is 10.0. The minimum absolute atomic E-state index is 0.0435. The summed E-state index contributed by atoms with van der Waals surface area (Å²) in [7, 11) is 0. The number of rotatable bonds is 1. The Labute approximate surface area is 156 Å². The molecule has 26 heavy (non-hydrogen) atoms. The van der Waals surface area contributed by atoms with Gasteiger partial charge in [-0.1, -0.05) is 31.5 Å². The van der Waals surface area contributed by atoms with Gasteiger partial charge < -0.3 is 10.3 Å². The molecule has 4 heteroatoms. The molecule has 4 aliphatic carbocycles. The summed E-state index contributed by atoms with van der Waals surface area (Å²) in [6.07, 6.45) is 8.78. The molecule has 3 fully saturated rings. The normalized spacial score (nSPS) is 52.0. The van der Waals surface area contributed by atoms with Gasteiger partial charge >= 0.3 is 0 Å². The van der Waals surface area contributed by atoms with Crippen molar-refractivity contribution in [1.82, 2.24) is 0 Å². The third-order valence-electron chi connectivity index (χ3n) is 9.16. The van der Waals surface area contributed by atoms with Crippen molar-refractivity contribution in [2.24, 2.45) is 39.7 Å². The van der Waals surface area contributed by atoms with Gasteiger partial charge in [0.05, 0.1) is 5.71 Å². The van der Waals surface area contributed by atoms with Crippen LogP contribution in [0.4, 0.5) is 0 Å². The Morgan fingerprint density at radius 3 is 2.54 bits per heavy atom. The Morgan fingerprint density at radius 2 is 1.88 bits per heavy atom. The quantitative estimate of drug-likeness (QED) is 0.540. The summed E-state index contributed by atoms with van der Waals surface area (Å²) in [5, 5.41) is 24.0. The number of hydrogen-bond acceptors (Lipinski definition) is 4. The molecule has 0 aromatic carbocycles. The van der Waals surface area contributed by atoms with E-state index in [0.29, 0.717) is 30.1 Å². The average molecular weight is 360 g/mol. The van der Waals surface area contributed by atoms with Gasteiger partial charge in [-0.25, -0.2) is 0 Å². The van der Waals surface area contributed by atoms with Crippen LogP contribution in [0.15, 0.2) is 16.8 Å². The fraction of sp³-hybridized carbons (Fsp3) is 0.818. The van der Waals surface area contributed by atoms with Crippen LogP contribution >= 0.6 is 0 Å². The third-order valence-corrected chi connectivity index (χ3v) is 9.16. The van der Waals surface area contributed by atoms with Crippen molar-refractivity contribution >= 4 is 11.5 Å². The van der Waals surface area contributed by atoms with Gasteiger partial charge in [0, 0.05) is 5.41 Å². The minimum Gasteiger partial charge on any atom is -0.411 e. The molecule has 2 N–H and O–H groups in total. The molecule has 0 saturated heterocycles. The maximum atomic E-state index is 12.3. The summed E-state index contributed by atoms with van der Waals surface area (Å²) in [6.45, 7) is 8.47. The van der Waals surface area contributed by atoms with E-state index in [1.165, 1.54) is 5.57 Å². The highest BCUT2D eigenvalue weighted by Gasteiger charge is 2.65. The van der Waals surface area contributed by atoms with E-state index in [-0.39, 0.29) is 16.6 Å². The number of oxime groups is 1. The number of Topliss-reactive ketones (excluding diaryl/α,β-unsaturated/α-hetero) is 1. The van der Waals surface area contributed by atoms with E-state index in [4.69, 9.17) is 0 Å². The first-order valence-corrected chi connectivity index (χ1v) is 10.3. The van der Waals surface area contributed by atoms with Crippen LogP contribution in [0, 0.1) is 34.5 Å². The van der Waals surface area contributed by atoms with Crippen LogP contribution in [0.2, 0.25) is 0 Å². The number of aliphatic hydroxyl groups is 1. The van der Waals surface area contributed by atoms with E-state index < -0.39 is 5.60 Å². The highest BCUT2D eigenvalue weighted by Crippen LogP contribution is 2.68. The van der Waals surface area contributed by atoms with E-state index in [1.54, 1.807) is 6.92 Å². The van der Waals surface area contributed by atoms with E-state index in [2.05, 4.69) is 32.0 Å². The average Bonchev–Trinajstić information content (AvgIpc) is 2.88. The summed E-state index contributed by atoms with van der Waals surface area (Å²) in [5.41, 5.74) is 1.03. The predicted molar refractivity (Wildman–Crippen MR) is 101 cm³/mol. The Kier molecular flexibility index (Phi) is 3.97. The zero-order chi connectivity index (χ0) is 18.9. The first-order valence-electron chi connectivity index (χ1n) is 10.3. The molecule has 0 radical (unpaired) electrons. The third kappa shape index (κ3) is 2.11. The first kappa shape index (κ1) is 18.2. The van der Waals surface area contributed by atoms with Crippen molar-refractivity contribution in [2.75, 3.05) is 0 Å². The fourth-order valence-electron chi connectivity index (χ4n) is 7.67. The largest absolute Gasteiger partial charge is 0.411 e. The number of carbonyl (C=O) groups excluding carboxylic acids is 1. The number of carbonyl (C=O) groups is 1. The second kappa shape index (κ2) is 5.67. The van der Waals surface area contributed by atoms with Crippen LogP contribution in [-0.2, 0) is 4.79 Å². The molecule has 0 amide bonds. The molecule has 0 bridgehead atoms. The van der Waals surface area contributed by atoms with Crippen LogP contribution in [0.3, 0.4) is 0 Å².